The van der Waals surface area contributed by atoms with Crippen LogP contribution in [0.5, 0.6) is 11.9 Å². The number of benzene rings is 2. The molecule has 88 heavy (non-hydrogen) atoms. The fraction of sp³-hybridized carbons (Fsp3) is 0.286. The van der Waals surface area contributed by atoms with E-state index in [2.05, 4.69) is 30.1 Å². The number of aliphatic hydroxyl groups is 1. The number of likely N-dealkylation sites (N-methyl/N-ethyl adjacent to an activating group) is 2. The number of anilines is 4. The Morgan fingerprint density at radius 3 is 1.74 bits per heavy atom. The van der Waals surface area contributed by atoms with Gasteiger partial charge in [-0.25, -0.2) is 24.4 Å². The predicted octanol–water partition coefficient (Wildman–Crippen LogP) is 9.77. The van der Waals surface area contributed by atoms with Crippen LogP contribution in [0.4, 0.5) is 28.3 Å². The molecule has 1 amide bonds. The van der Waals surface area contributed by atoms with E-state index in [4.69, 9.17) is 70.2 Å². The van der Waals surface area contributed by atoms with Crippen LogP contribution in [-0.2, 0) is 50.1 Å². The van der Waals surface area contributed by atoms with Crippen LogP contribution >= 0.6 is 0 Å². The van der Waals surface area contributed by atoms with Gasteiger partial charge in [0, 0.05) is 70.4 Å². The highest BCUT2D eigenvalue weighted by Crippen LogP contribution is 2.31. The number of esters is 2. The number of carbonyl (C=O) groups excluding carboxylic acids is 3. The minimum atomic E-state index is -0.726. The summed E-state index contributed by atoms with van der Waals surface area (Å²) in [6.45, 7) is 20.2. The van der Waals surface area contributed by atoms with E-state index >= 15 is 0 Å². The van der Waals surface area contributed by atoms with Gasteiger partial charge in [0.15, 0.2) is 34.8 Å². The molecule has 0 aliphatic rings. The summed E-state index contributed by atoms with van der Waals surface area (Å²) in [5.41, 5.74) is 18.8. The number of aromatic nitrogens is 4. The van der Waals surface area contributed by atoms with E-state index in [0.717, 1.165) is 22.3 Å². The average Bonchev–Trinajstić information content (AvgIpc) is 3.06. The molecule has 6 aromatic heterocycles. The van der Waals surface area contributed by atoms with E-state index in [1.165, 1.54) is 18.3 Å². The van der Waals surface area contributed by atoms with Crippen LogP contribution < -0.4 is 41.8 Å². The number of nitrogens with zero attached hydrogens (tertiary/aromatic N) is 8. The van der Waals surface area contributed by atoms with Gasteiger partial charge in [-0.3, -0.25) is 4.79 Å². The molecule has 0 bridgehead atoms. The second kappa shape index (κ2) is 31.8. The lowest BCUT2D eigenvalue weighted by Gasteiger charge is -2.19. The first-order chi connectivity index (χ1) is 42.0. The van der Waals surface area contributed by atoms with Crippen molar-refractivity contribution in [3.63, 3.8) is 0 Å². The van der Waals surface area contributed by atoms with Gasteiger partial charge in [0.2, 0.25) is 11.8 Å². The number of rotatable bonds is 22. The Balaban J connectivity index is 0.000000240. The molecule has 460 valence electrons. The molecule has 0 radical (unpaired) electrons. The van der Waals surface area contributed by atoms with Crippen molar-refractivity contribution in [1.82, 2.24) is 25.3 Å². The van der Waals surface area contributed by atoms with Gasteiger partial charge >= 0.3 is 24.0 Å². The van der Waals surface area contributed by atoms with Crippen molar-refractivity contribution in [1.29, 1.82) is 5.26 Å². The van der Waals surface area contributed by atoms with Gasteiger partial charge in [-0.2, -0.15) is 15.2 Å². The Hall–Kier alpha value is -10.9. The van der Waals surface area contributed by atoms with E-state index in [1.807, 2.05) is 54.6 Å². The standard InChI is InChI=1S/C32H34N6O7.C19H22N2O5.C12H14N4O/c1-32(2,3)45-29(39)24(34-4)18-23-10-11-25(43-23)26-12-13-28(44-26)38(5)16-17-41-31(40)36-19-21-6-8-22(9-7-21)20-42-30-35-15-14-27(33)37-30;1-19(2,3)26-18(23)13(12-20)11-14-5-6-15(24-14)16-7-8-17(25-16)21(4)9-10-22;13-7-9-1-3-10(4-2-9)8-17-11-5-6-15-12(14)16-11/h6-15,18H,16-17,19-20H2,1-3,5H3,(H,36,40)(H2,33,35,37);5-8,11,22H,9-10H2,1-4H3;1-6H,7-8,13H2,(H2,14,15,16)/b24-18-;13-11+;. The number of nitriles is 1. The highest BCUT2D eigenvalue weighted by molar-refractivity contribution is 5.98. The molecular formula is C63H70N12O13. The third-order valence-corrected chi connectivity index (χ3v) is 11.6. The van der Waals surface area contributed by atoms with Crippen LogP contribution in [0.2, 0.25) is 0 Å². The maximum Gasteiger partial charge on any atom is 0.407 e. The first kappa shape index (κ1) is 66.3. The smallest absolute Gasteiger partial charge is 0.407 e. The Morgan fingerprint density at radius 1 is 0.670 bits per heavy atom. The first-order valence-electron chi connectivity index (χ1n) is 27.3. The van der Waals surface area contributed by atoms with E-state index in [-0.39, 0.29) is 43.0 Å². The zero-order valence-electron chi connectivity index (χ0n) is 50.0. The molecule has 0 saturated carbocycles. The lowest BCUT2D eigenvalue weighted by molar-refractivity contribution is -0.150. The quantitative estimate of drug-likeness (QED) is 0.0138. The van der Waals surface area contributed by atoms with Gasteiger partial charge in [0.05, 0.1) is 19.7 Å². The third kappa shape index (κ3) is 21.9. The summed E-state index contributed by atoms with van der Waals surface area (Å²) in [5.74, 6) is 3.18. The largest absolute Gasteiger partial charge is 0.473 e. The topological polar surface area (TPSA) is 346 Å². The SMILES string of the molecule is CN(CCO)c1ccc(-c2ccc(/C=C(\C#N)C(=O)OC(C)(C)C)o2)o1.NCc1ccc(COc2ccnc(N)n2)cc1.[C-]#[N+]/C(=C\c1ccc(-c2ccc(N(C)CCOC(=O)NCc3ccc(COc4nccc(N)n4)cc3)o2)o1)C(=O)OC(C)(C)C. The van der Waals surface area contributed by atoms with Gasteiger partial charge in [-0.1, -0.05) is 48.5 Å². The molecule has 8 rings (SSSR count). The van der Waals surface area contributed by atoms with Gasteiger partial charge in [0.1, 0.15) is 60.0 Å². The molecule has 0 spiro atoms. The highest BCUT2D eigenvalue weighted by atomic mass is 16.6. The maximum atomic E-state index is 12.2. The molecule has 25 heteroatoms. The van der Waals surface area contributed by atoms with E-state index in [1.54, 1.807) is 132 Å². The Morgan fingerprint density at radius 2 is 1.19 bits per heavy atom. The summed E-state index contributed by atoms with van der Waals surface area (Å²) >= 11 is 0. The number of ether oxygens (including phenoxy) is 5. The zero-order chi connectivity index (χ0) is 63.8. The van der Waals surface area contributed by atoms with Crippen LogP contribution in [0, 0.1) is 17.9 Å². The summed E-state index contributed by atoms with van der Waals surface area (Å²) in [4.78, 5) is 59.0. The van der Waals surface area contributed by atoms with Gasteiger partial charge < -0.3 is 78.8 Å². The molecule has 0 fully saturated rings. The predicted molar refractivity (Wildman–Crippen MR) is 327 cm³/mol. The summed E-state index contributed by atoms with van der Waals surface area (Å²) in [5, 5.41) is 20.9. The summed E-state index contributed by atoms with van der Waals surface area (Å²) < 4.78 is 49.7. The first-order valence-corrected chi connectivity index (χ1v) is 27.3. The zero-order valence-corrected chi connectivity index (χ0v) is 50.0. The summed E-state index contributed by atoms with van der Waals surface area (Å²) in [7, 11) is 3.60. The van der Waals surface area contributed by atoms with Crippen molar-refractivity contribution in [2.45, 2.75) is 79.0 Å². The summed E-state index contributed by atoms with van der Waals surface area (Å²) in [6.07, 6.45) is 5.21. The normalized spacial score (nSPS) is 11.3. The van der Waals surface area contributed by atoms with Gasteiger partial charge in [-0.15, -0.1) is 0 Å². The van der Waals surface area contributed by atoms with Gasteiger partial charge in [0.25, 0.3) is 5.70 Å². The molecule has 8 N–H and O–H groups in total. The minimum Gasteiger partial charge on any atom is -0.473 e. The molecule has 2 aromatic carbocycles. The van der Waals surface area contributed by atoms with Gasteiger partial charge in [-0.05, 0) is 112 Å². The molecule has 0 aliphatic heterocycles. The number of nitrogens with two attached hydrogens (primary N) is 3. The van der Waals surface area contributed by atoms with Crippen LogP contribution in [0.15, 0.2) is 151 Å². The highest BCUT2D eigenvalue weighted by Gasteiger charge is 2.23. The van der Waals surface area contributed by atoms with Crippen molar-refractivity contribution in [2.75, 3.05) is 61.7 Å². The lowest BCUT2D eigenvalue weighted by Crippen LogP contribution is -2.28. The third-order valence-electron chi connectivity index (χ3n) is 11.6. The molecule has 0 atom stereocenters. The minimum absolute atomic E-state index is 0.0177. The Bertz CT molecular complexity index is 3710. The molecule has 0 unspecified atom stereocenters. The Kier molecular flexibility index (Phi) is 24.0. The fourth-order valence-corrected chi connectivity index (χ4v) is 7.23. The number of carbonyl (C=O) groups is 3. The fourth-order valence-electron chi connectivity index (χ4n) is 7.23. The van der Waals surface area contributed by atoms with Crippen molar-refractivity contribution in [3.8, 4) is 41.0 Å². The monoisotopic (exact) mass is 1200 g/mol. The van der Waals surface area contributed by atoms with Crippen LogP contribution in [-0.4, -0.2) is 94.7 Å². The number of hydrogen-bond acceptors (Lipinski definition) is 23. The van der Waals surface area contributed by atoms with Crippen molar-refractivity contribution < 1.29 is 60.8 Å². The lowest BCUT2D eigenvalue weighted by atomic mass is 10.1. The average molecular weight is 1200 g/mol. The number of amides is 1. The number of furan rings is 4. The van der Waals surface area contributed by atoms with Crippen molar-refractivity contribution in [2.24, 2.45) is 5.73 Å². The van der Waals surface area contributed by atoms with E-state index < -0.39 is 29.2 Å². The van der Waals surface area contributed by atoms with Crippen LogP contribution in [0.1, 0.15) is 75.3 Å². The van der Waals surface area contributed by atoms with E-state index in [0.29, 0.717) is 90.8 Å². The summed E-state index contributed by atoms with van der Waals surface area (Å²) in [6, 6.07) is 34.4. The molecule has 25 nitrogen and oxygen atoms in total. The molecule has 6 heterocycles. The molecular weight excluding hydrogens is 1130 g/mol. The van der Waals surface area contributed by atoms with E-state index in [9.17, 15) is 19.6 Å². The number of alkyl carbamates (subject to hydrolysis) is 1. The maximum absolute atomic E-state index is 12.2. The van der Waals surface area contributed by atoms with Crippen LogP contribution in [0.25, 0.3) is 40.0 Å². The second-order valence-electron chi connectivity index (χ2n) is 21.0. The van der Waals surface area contributed by atoms with Crippen molar-refractivity contribution >= 4 is 53.7 Å². The number of nitrogen functional groups attached to an aromatic ring is 2. The number of hydrogen-bond donors (Lipinski definition) is 5. The second-order valence-corrected chi connectivity index (χ2v) is 21.0. The Labute approximate surface area is 508 Å². The molecule has 0 saturated heterocycles. The molecule has 0 aliphatic carbocycles. The molecule has 8 aromatic rings. The van der Waals surface area contributed by atoms with Crippen molar-refractivity contribution in [3.05, 3.63) is 178 Å². The van der Waals surface area contributed by atoms with Crippen LogP contribution in [0.3, 0.4) is 0 Å². The number of nitrogens with one attached hydrogen (secondary N) is 1. The number of aliphatic hydroxyl groups excluding tert-OH is 1.